The zero-order chi connectivity index (χ0) is 17.1. The van der Waals surface area contributed by atoms with E-state index in [-0.39, 0.29) is 5.91 Å². The van der Waals surface area contributed by atoms with E-state index < -0.39 is 12.1 Å². The van der Waals surface area contributed by atoms with Crippen molar-refractivity contribution in [1.29, 1.82) is 0 Å². The zero-order valence-electron chi connectivity index (χ0n) is 13.9. The van der Waals surface area contributed by atoms with E-state index in [1.54, 1.807) is 6.92 Å². The lowest BCUT2D eigenvalue weighted by molar-refractivity contribution is -0.123. The summed E-state index contributed by atoms with van der Waals surface area (Å²) in [7, 11) is 0. The van der Waals surface area contributed by atoms with Gasteiger partial charge in [0.1, 0.15) is 4.88 Å². The number of ether oxygens (including phenoxy) is 1. The number of rotatable bonds is 4. The summed E-state index contributed by atoms with van der Waals surface area (Å²) in [6.45, 7) is 3.57. The van der Waals surface area contributed by atoms with Gasteiger partial charge in [0.05, 0.1) is 0 Å². The quantitative estimate of drug-likeness (QED) is 0.850. The Kier molecular flexibility index (Phi) is 5.00. The zero-order valence-corrected chi connectivity index (χ0v) is 14.7. The molecule has 1 aliphatic rings. The first kappa shape index (κ1) is 16.7. The highest BCUT2D eigenvalue weighted by Crippen LogP contribution is 2.30. The van der Waals surface area contributed by atoms with E-state index >= 15 is 0 Å². The van der Waals surface area contributed by atoms with Crippen molar-refractivity contribution in [2.24, 2.45) is 0 Å². The standard InChI is InChI=1S/C19H21NO3S/c1-12-7-9-15(10-8-12)20-18(21)13(2)23-19(22)17-11-14-5-3-4-6-16(14)24-17/h7-11,13H,3-6H2,1-2H3,(H,20,21)/t13-/m0/s1. The Balaban J connectivity index is 1.60. The van der Waals surface area contributed by atoms with E-state index in [2.05, 4.69) is 5.32 Å². The van der Waals surface area contributed by atoms with Crippen LogP contribution in [0, 0.1) is 6.92 Å². The highest BCUT2D eigenvalue weighted by molar-refractivity contribution is 7.14. The van der Waals surface area contributed by atoms with Crippen LogP contribution in [0.25, 0.3) is 0 Å². The summed E-state index contributed by atoms with van der Waals surface area (Å²) in [6, 6.07) is 9.42. The molecule has 0 fully saturated rings. The van der Waals surface area contributed by atoms with Crippen molar-refractivity contribution in [1.82, 2.24) is 0 Å². The average molecular weight is 343 g/mol. The van der Waals surface area contributed by atoms with Crippen molar-refractivity contribution in [2.45, 2.75) is 45.6 Å². The third-order valence-corrected chi connectivity index (χ3v) is 5.39. The normalized spacial score (nSPS) is 14.6. The van der Waals surface area contributed by atoms with Crippen LogP contribution < -0.4 is 5.32 Å². The first-order valence-electron chi connectivity index (χ1n) is 8.23. The molecule has 126 valence electrons. The molecule has 5 heteroatoms. The number of carbonyl (C=O) groups is 2. The number of esters is 1. The van der Waals surface area contributed by atoms with Crippen LogP contribution in [0.4, 0.5) is 5.69 Å². The minimum atomic E-state index is -0.835. The van der Waals surface area contributed by atoms with Crippen molar-refractivity contribution in [3.05, 3.63) is 51.2 Å². The second-order valence-corrected chi connectivity index (χ2v) is 7.31. The van der Waals surface area contributed by atoms with Gasteiger partial charge in [-0.1, -0.05) is 17.7 Å². The summed E-state index contributed by atoms with van der Waals surface area (Å²) in [5.41, 5.74) is 3.07. The number of anilines is 1. The first-order chi connectivity index (χ1) is 11.5. The lowest BCUT2D eigenvalue weighted by Crippen LogP contribution is -2.29. The average Bonchev–Trinajstić information content (AvgIpc) is 3.01. The van der Waals surface area contributed by atoms with Crippen LogP contribution in [0.5, 0.6) is 0 Å². The summed E-state index contributed by atoms with van der Waals surface area (Å²) in [6.07, 6.45) is 3.59. The van der Waals surface area contributed by atoms with E-state index in [9.17, 15) is 9.59 Å². The van der Waals surface area contributed by atoms with Gasteiger partial charge < -0.3 is 10.1 Å². The molecule has 0 spiro atoms. The Bertz CT molecular complexity index is 725. The topological polar surface area (TPSA) is 55.4 Å². The summed E-state index contributed by atoms with van der Waals surface area (Å²) in [4.78, 5) is 26.3. The Morgan fingerprint density at radius 1 is 1.17 bits per heavy atom. The smallest absolute Gasteiger partial charge is 0.349 e. The van der Waals surface area contributed by atoms with Crippen LogP contribution in [0.2, 0.25) is 0 Å². The van der Waals surface area contributed by atoms with Crippen molar-refractivity contribution in [2.75, 3.05) is 5.32 Å². The van der Waals surface area contributed by atoms with Gasteiger partial charge in [-0.05, 0) is 63.3 Å². The molecule has 1 N–H and O–H groups in total. The van der Waals surface area contributed by atoms with Crippen LogP contribution in [-0.2, 0) is 22.4 Å². The van der Waals surface area contributed by atoms with Gasteiger partial charge in [0.15, 0.2) is 6.10 Å². The van der Waals surface area contributed by atoms with Gasteiger partial charge in [-0.3, -0.25) is 4.79 Å². The van der Waals surface area contributed by atoms with E-state index in [1.165, 1.54) is 34.6 Å². The molecule has 0 saturated heterocycles. The molecule has 1 atom stereocenters. The van der Waals surface area contributed by atoms with Crippen molar-refractivity contribution in [3.8, 4) is 0 Å². The number of hydrogen-bond acceptors (Lipinski definition) is 4. The molecule has 24 heavy (non-hydrogen) atoms. The lowest BCUT2D eigenvalue weighted by Gasteiger charge is -2.13. The van der Waals surface area contributed by atoms with Crippen LogP contribution in [-0.4, -0.2) is 18.0 Å². The second kappa shape index (κ2) is 7.18. The van der Waals surface area contributed by atoms with Crippen molar-refractivity contribution in [3.63, 3.8) is 0 Å². The molecule has 3 rings (SSSR count). The molecule has 0 aliphatic heterocycles. The number of amides is 1. The molecule has 1 aromatic carbocycles. The SMILES string of the molecule is Cc1ccc(NC(=O)[C@H](C)OC(=O)c2cc3c(s2)CCCC3)cc1. The molecule has 4 nitrogen and oxygen atoms in total. The van der Waals surface area contributed by atoms with E-state index in [0.29, 0.717) is 10.6 Å². The van der Waals surface area contributed by atoms with Gasteiger partial charge >= 0.3 is 5.97 Å². The molecule has 1 heterocycles. The van der Waals surface area contributed by atoms with E-state index in [0.717, 1.165) is 18.4 Å². The third-order valence-electron chi connectivity index (χ3n) is 4.17. The highest BCUT2D eigenvalue weighted by atomic mass is 32.1. The number of carbonyl (C=O) groups excluding carboxylic acids is 2. The minimum absolute atomic E-state index is 0.325. The molecule has 0 saturated carbocycles. The monoisotopic (exact) mass is 343 g/mol. The maximum atomic E-state index is 12.3. The Morgan fingerprint density at radius 3 is 2.58 bits per heavy atom. The number of fused-ring (bicyclic) bond motifs is 1. The summed E-state index contributed by atoms with van der Waals surface area (Å²) in [5, 5.41) is 2.76. The van der Waals surface area contributed by atoms with Gasteiger partial charge in [0.25, 0.3) is 5.91 Å². The molecular weight excluding hydrogens is 322 g/mol. The second-order valence-electron chi connectivity index (χ2n) is 6.17. The number of benzene rings is 1. The number of nitrogens with one attached hydrogen (secondary N) is 1. The fourth-order valence-electron chi connectivity index (χ4n) is 2.74. The Hall–Kier alpha value is -2.14. The number of aryl methyl sites for hydroxylation is 3. The third kappa shape index (κ3) is 3.85. The molecule has 0 unspecified atom stereocenters. The van der Waals surface area contributed by atoms with Crippen LogP contribution in [0.1, 0.15) is 45.4 Å². The lowest BCUT2D eigenvalue weighted by atomic mass is 9.99. The summed E-state index contributed by atoms with van der Waals surface area (Å²) >= 11 is 1.50. The minimum Gasteiger partial charge on any atom is -0.448 e. The molecule has 2 aromatic rings. The Morgan fingerprint density at radius 2 is 1.88 bits per heavy atom. The fourth-order valence-corrected chi connectivity index (χ4v) is 3.88. The van der Waals surface area contributed by atoms with Gasteiger partial charge in [0.2, 0.25) is 0 Å². The fraction of sp³-hybridized carbons (Fsp3) is 0.368. The maximum absolute atomic E-state index is 12.3. The molecule has 1 aromatic heterocycles. The molecule has 0 bridgehead atoms. The molecule has 1 amide bonds. The molecular formula is C19H21NO3S. The van der Waals surface area contributed by atoms with Crippen LogP contribution in [0.15, 0.2) is 30.3 Å². The Labute approximate surface area is 145 Å². The summed E-state index contributed by atoms with van der Waals surface area (Å²) < 4.78 is 5.33. The van der Waals surface area contributed by atoms with Gasteiger partial charge in [-0.2, -0.15) is 0 Å². The summed E-state index contributed by atoms with van der Waals surface area (Å²) in [5.74, 6) is -0.741. The van der Waals surface area contributed by atoms with Crippen LogP contribution in [0.3, 0.4) is 0 Å². The predicted molar refractivity (Wildman–Crippen MR) is 95.6 cm³/mol. The van der Waals surface area contributed by atoms with Crippen LogP contribution >= 0.6 is 11.3 Å². The predicted octanol–water partition coefficient (Wildman–Crippen LogP) is 4.12. The number of hydrogen-bond donors (Lipinski definition) is 1. The van der Waals surface area contributed by atoms with Gasteiger partial charge in [-0.15, -0.1) is 11.3 Å². The molecule has 1 aliphatic carbocycles. The van der Waals surface area contributed by atoms with Gasteiger partial charge in [-0.25, -0.2) is 4.79 Å². The van der Waals surface area contributed by atoms with Gasteiger partial charge in [0, 0.05) is 10.6 Å². The highest BCUT2D eigenvalue weighted by Gasteiger charge is 2.22. The van der Waals surface area contributed by atoms with Crippen molar-refractivity contribution >= 4 is 28.9 Å². The van der Waals surface area contributed by atoms with E-state index in [1.807, 2.05) is 37.3 Å². The van der Waals surface area contributed by atoms with E-state index in [4.69, 9.17) is 4.74 Å². The first-order valence-corrected chi connectivity index (χ1v) is 9.04. The van der Waals surface area contributed by atoms with Crippen molar-refractivity contribution < 1.29 is 14.3 Å². The maximum Gasteiger partial charge on any atom is 0.349 e. The molecule has 0 radical (unpaired) electrons. The largest absolute Gasteiger partial charge is 0.448 e. The number of thiophene rings is 1.